The molecule has 3 aromatic rings. The monoisotopic (exact) mass is 391 g/mol. The molecule has 3 rings (SSSR count). The summed E-state index contributed by atoms with van der Waals surface area (Å²) in [5.41, 5.74) is 3.13. The quantitative estimate of drug-likeness (QED) is 0.619. The molecule has 29 heavy (non-hydrogen) atoms. The van der Waals surface area contributed by atoms with E-state index in [9.17, 15) is 9.59 Å². The van der Waals surface area contributed by atoms with Gasteiger partial charge in [0.1, 0.15) is 0 Å². The largest absolute Gasteiger partial charge is 0.331 e. The van der Waals surface area contributed by atoms with E-state index in [2.05, 4.69) is 37.9 Å². The van der Waals surface area contributed by atoms with Crippen LogP contribution in [-0.4, -0.2) is 15.3 Å². The second-order valence-electron chi connectivity index (χ2n) is 8.98. The Hall–Kier alpha value is -2.95. The molecule has 5 nitrogen and oxygen atoms in total. The van der Waals surface area contributed by atoms with Crippen molar-refractivity contribution in [1.29, 1.82) is 0 Å². The fourth-order valence-corrected chi connectivity index (χ4v) is 3.32. The maximum absolute atomic E-state index is 12.6. The van der Waals surface area contributed by atoms with Gasteiger partial charge in [-0.3, -0.25) is 18.9 Å². The molecule has 5 heteroatoms. The molecule has 0 radical (unpaired) electrons. The van der Waals surface area contributed by atoms with Crippen molar-refractivity contribution in [3.63, 3.8) is 0 Å². The van der Waals surface area contributed by atoms with Crippen molar-refractivity contribution in [2.24, 2.45) is 18.0 Å². The third kappa shape index (κ3) is 4.39. The molecule has 0 amide bonds. The highest BCUT2D eigenvalue weighted by molar-refractivity contribution is 5.85. The fourth-order valence-electron chi connectivity index (χ4n) is 3.32. The molecule has 0 saturated carbocycles. The topological polar surface area (TPSA) is 56.4 Å². The summed E-state index contributed by atoms with van der Waals surface area (Å²) in [7, 11) is 1.52. The van der Waals surface area contributed by atoms with Crippen molar-refractivity contribution in [1.82, 2.24) is 9.13 Å². The Morgan fingerprint density at radius 2 is 1.69 bits per heavy atom. The molecule has 0 saturated heterocycles. The van der Waals surface area contributed by atoms with Crippen LogP contribution >= 0.6 is 0 Å². The van der Waals surface area contributed by atoms with E-state index in [1.54, 1.807) is 16.8 Å². The lowest BCUT2D eigenvalue weighted by atomic mass is 9.87. The highest BCUT2D eigenvalue weighted by Gasteiger charge is 2.13. The molecule has 0 unspecified atom stereocenters. The third-order valence-corrected chi connectivity index (χ3v) is 5.01. The molecule has 0 fully saturated rings. The molecular weight excluding hydrogens is 362 g/mol. The summed E-state index contributed by atoms with van der Waals surface area (Å²) in [5, 5.41) is 0.505. The van der Waals surface area contributed by atoms with Gasteiger partial charge in [0.15, 0.2) is 0 Å². The van der Waals surface area contributed by atoms with Crippen molar-refractivity contribution < 1.29 is 0 Å². The van der Waals surface area contributed by atoms with Crippen LogP contribution in [0.3, 0.4) is 0 Å². The zero-order valence-electron chi connectivity index (χ0n) is 18.1. The molecule has 0 bridgehead atoms. The maximum atomic E-state index is 12.6. The minimum atomic E-state index is -0.295. The Kier molecular flexibility index (Phi) is 5.60. The van der Waals surface area contributed by atoms with Crippen molar-refractivity contribution in [2.75, 3.05) is 0 Å². The normalized spacial score (nSPS) is 12.4. The molecule has 152 valence electrons. The van der Waals surface area contributed by atoms with Gasteiger partial charge in [-0.05, 0) is 40.7 Å². The first-order valence-electron chi connectivity index (χ1n) is 9.96. The van der Waals surface area contributed by atoms with E-state index in [-0.39, 0.29) is 16.7 Å². The van der Waals surface area contributed by atoms with E-state index in [1.165, 1.54) is 17.2 Å². The van der Waals surface area contributed by atoms with Crippen LogP contribution in [-0.2, 0) is 19.0 Å². The summed E-state index contributed by atoms with van der Waals surface area (Å²) in [6.07, 6.45) is 1.79. The molecule has 1 aromatic heterocycles. The summed E-state index contributed by atoms with van der Waals surface area (Å²) in [4.78, 5) is 29.7. The molecule has 2 aromatic carbocycles. The minimum absolute atomic E-state index is 0.111. The lowest BCUT2D eigenvalue weighted by Crippen LogP contribution is -2.38. The number of benzene rings is 2. The minimum Gasteiger partial charge on any atom is -0.293 e. The Balaban J connectivity index is 2.00. The van der Waals surface area contributed by atoms with Gasteiger partial charge in [0.2, 0.25) is 0 Å². The second kappa shape index (κ2) is 7.82. The van der Waals surface area contributed by atoms with Gasteiger partial charge in [0, 0.05) is 19.8 Å². The van der Waals surface area contributed by atoms with Gasteiger partial charge in [0.05, 0.1) is 16.6 Å². The lowest BCUT2D eigenvalue weighted by Gasteiger charge is -2.18. The Morgan fingerprint density at radius 3 is 2.28 bits per heavy atom. The number of aromatic nitrogens is 2. The van der Waals surface area contributed by atoms with E-state index < -0.39 is 0 Å². The molecule has 0 aliphatic heterocycles. The molecule has 0 aliphatic rings. The van der Waals surface area contributed by atoms with Gasteiger partial charge in [0.25, 0.3) is 5.56 Å². The number of aliphatic imine (C=N–C) groups is 1. The summed E-state index contributed by atoms with van der Waals surface area (Å²) in [5.74, 6) is 0.294. The fraction of sp³-hybridized carbons (Fsp3) is 0.375. The van der Waals surface area contributed by atoms with E-state index >= 15 is 0 Å². The highest BCUT2D eigenvalue weighted by Crippen LogP contribution is 2.22. The van der Waals surface area contributed by atoms with E-state index in [0.717, 1.165) is 5.56 Å². The van der Waals surface area contributed by atoms with Crippen LogP contribution in [0.5, 0.6) is 0 Å². The van der Waals surface area contributed by atoms with Crippen LogP contribution < -0.4 is 11.2 Å². The number of hydrogen-bond acceptors (Lipinski definition) is 3. The number of fused-ring (bicyclic) bond motifs is 1. The summed E-state index contributed by atoms with van der Waals surface area (Å²) >= 11 is 0. The SMILES string of the molecule is CC(C)Cn1c(=O)n(C)c(=O)c2cc(N=Cc3ccc(C(C)(C)C)cc3)ccc21. The van der Waals surface area contributed by atoms with Gasteiger partial charge in [-0.2, -0.15) is 0 Å². The summed E-state index contributed by atoms with van der Waals surface area (Å²) in [6, 6.07) is 13.7. The van der Waals surface area contributed by atoms with Gasteiger partial charge >= 0.3 is 5.69 Å². The van der Waals surface area contributed by atoms with Crippen LogP contribution in [0, 0.1) is 5.92 Å². The van der Waals surface area contributed by atoms with Crippen LogP contribution in [0.4, 0.5) is 5.69 Å². The Bertz CT molecular complexity index is 1170. The van der Waals surface area contributed by atoms with Gasteiger partial charge in [-0.15, -0.1) is 0 Å². The number of rotatable bonds is 4. The van der Waals surface area contributed by atoms with E-state index in [1.807, 2.05) is 38.1 Å². The Morgan fingerprint density at radius 1 is 1.03 bits per heavy atom. The first-order valence-corrected chi connectivity index (χ1v) is 9.96. The standard InChI is InChI=1S/C24H29N3O2/c1-16(2)15-27-21-12-11-19(13-20(21)22(28)26(6)23(27)29)25-14-17-7-9-18(10-8-17)24(3,4)5/h7-14,16H,15H2,1-6H3. The zero-order chi connectivity index (χ0) is 21.3. The third-order valence-electron chi connectivity index (χ3n) is 5.01. The maximum Gasteiger partial charge on any atom is 0.331 e. The van der Waals surface area contributed by atoms with Crippen LogP contribution in [0.1, 0.15) is 45.7 Å². The average Bonchev–Trinajstić information content (AvgIpc) is 2.67. The molecule has 0 aliphatic carbocycles. The van der Waals surface area contributed by atoms with Crippen molar-refractivity contribution in [3.8, 4) is 0 Å². The molecule has 1 heterocycles. The predicted molar refractivity (Wildman–Crippen MR) is 121 cm³/mol. The molecule has 0 N–H and O–H groups in total. The van der Waals surface area contributed by atoms with Gasteiger partial charge < -0.3 is 0 Å². The lowest BCUT2D eigenvalue weighted by molar-refractivity contribution is 0.502. The smallest absolute Gasteiger partial charge is 0.293 e. The Labute approximate surface area is 171 Å². The van der Waals surface area contributed by atoms with E-state index in [0.29, 0.717) is 29.1 Å². The highest BCUT2D eigenvalue weighted by atomic mass is 16.2. The first kappa shape index (κ1) is 20.8. The molecule has 0 spiro atoms. The van der Waals surface area contributed by atoms with E-state index in [4.69, 9.17) is 0 Å². The zero-order valence-corrected chi connectivity index (χ0v) is 18.1. The van der Waals surface area contributed by atoms with Crippen LogP contribution in [0.15, 0.2) is 57.0 Å². The molecule has 0 atom stereocenters. The first-order chi connectivity index (χ1) is 13.6. The number of hydrogen-bond donors (Lipinski definition) is 0. The van der Waals surface area contributed by atoms with Crippen molar-refractivity contribution >= 4 is 22.8 Å². The summed E-state index contributed by atoms with van der Waals surface area (Å²) in [6.45, 7) is 11.2. The predicted octanol–water partition coefficient (Wildman–Crippen LogP) is 4.40. The number of nitrogens with zero attached hydrogens (tertiary/aromatic N) is 3. The van der Waals surface area contributed by atoms with Crippen LogP contribution in [0.25, 0.3) is 10.9 Å². The summed E-state index contributed by atoms with van der Waals surface area (Å²) < 4.78 is 2.84. The average molecular weight is 392 g/mol. The van der Waals surface area contributed by atoms with Crippen molar-refractivity contribution in [3.05, 3.63) is 74.4 Å². The van der Waals surface area contributed by atoms with Crippen molar-refractivity contribution in [2.45, 2.75) is 46.6 Å². The van der Waals surface area contributed by atoms with Gasteiger partial charge in [-0.1, -0.05) is 58.9 Å². The van der Waals surface area contributed by atoms with Gasteiger partial charge in [-0.25, -0.2) is 4.79 Å². The molecular formula is C24H29N3O2. The second-order valence-corrected chi connectivity index (χ2v) is 8.98. The van der Waals surface area contributed by atoms with Crippen LogP contribution in [0.2, 0.25) is 0 Å².